The maximum absolute atomic E-state index is 13.0. The summed E-state index contributed by atoms with van der Waals surface area (Å²) < 4.78 is 0. The summed E-state index contributed by atoms with van der Waals surface area (Å²) in [4.78, 5) is 30.0. The lowest BCUT2D eigenvalue weighted by molar-refractivity contribution is 0.0847. The highest BCUT2D eigenvalue weighted by Gasteiger charge is 2.22. The van der Waals surface area contributed by atoms with Gasteiger partial charge in [0.05, 0.1) is 11.1 Å². The lowest BCUT2D eigenvalue weighted by Gasteiger charge is -2.20. The van der Waals surface area contributed by atoms with Crippen LogP contribution in [0.15, 0.2) is 48.5 Å². The number of aromatic nitrogens is 1. The highest BCUT2D eigenvalue weighted by molar-refractivity contribution is 6.08. The molecule has 0 unspecified atom stereocenters. The Morgan fingerprint density at radius 3 is 2.41 bits per heavy atom. The van der Waals surface area contributed by atoms with Gasteiger partial charge in [-0.15, -0.1) is 0 Å². The van der Waals surface area contributed by atoms with Gasteiger partial charge in [-0.2, -0.15) is 0 Å². The van der Waals surface area contributed by atoms with E-state index < -0.39 is 0 Å². The molecule has 0 saturated heterocycles. The molecule has 0 bridgehead atoms. The zero-order valence-electron chi connectivity index (χ0n) is 15.2. The number of rotatable bonds is 2. The van der Waals surface area contributed by atoms with Gasteiger partial charge in [-0.25, -0.2) is 0 Å². The number of nitrogens with one attached hydrogen (secondary N) is 2. The van der Waals surface area contributed by atoms with Crippen LogP contribution in [-0.2, 0) is 12.8 Å². The molecule has 0 aliphatic heterocycles. The normalized spacial score (nSPS) is 13.1. The van der Waals surface area contributed by atoms with E-state index in [1.54, 1.807) is 12.1 Å². The van der Waals surface area contributed by atoms with Crippen molar-refractivity contribution in [2.75, 3.05) is 0 Å². The maximum atomic E-state index is 13.0. The van der Waals surface area contributed by atoms with Crippen LogP contribution < -0.4 is 10.9 Å². The molecule has 0 spiro atoms. The summed E-state index contributed by atoms with van der Waals surface area (Å²) in [5.41, 5.74) is 10.1. The van der Waals surface area contributed by atoms with Gasteiger partial charge in [0.15, 0.2) is 0 Å². The van der Waals surface area contributed by atoms with E-state index in [1.165, 1.54) is 0 Å². The minimum absolute atomic E-state index is 0.299. The molecule has 2 amide bonds. The van der Waals surface area contributed by atoms with Crippen LogP contribution in [0.2, 0.25) is 0 Å². The SMILES string of the molecule is Cc1ccc(C(=O)NNC(=O)c2c3c(nc4ccccc24)CCCC3)cc1. The molecule has 1 aromatic heterocycles. The lowest BCUT2D eigenvalue weighted by Crippen LogP contribution is -2.42. The lowest BCUT2D eigenvalue weighted by atomic mass is 9.89. The standard InChI is InChI=1S/C22H21N3O2/c1-14-10-12-15(13-11-14)21(26)24-25-22(27)20-16-6-2-4-8-18(16)23-19-9-5-3-7-17(19)20/h2,4,6,8,10-13H,3,5,7,9H2,1H3,(H,24,26)(H,25,27). The van der Waals surface area contributed by atoms with E-state index in [0.29, 0.717) is 11.1 Å². The van der Waals surface area contributed by atoms with Gasteiger partial charge in [0.2, 0.25) is 0 Å². The molecule has 27 heavy (non-hydrogen) atoms. The van der Waals surface area contributed by atoms with E-state index in [4.69, 9.17) is 4.98 Å². The molecular formula is C22H21N3O2. The molecule has 2 aromatic carbocycles. The highest BCUT2D eigenvalue weighted by Crippen LogP contribution is 2.29. The van der Waals surface area contributed by atoms with Crippen LogP contribution in [0, 0.1) is 6.92 Å². The van der Waals surface area contributed by atoms with E-state index >= 15 is 0 Å². The van der Waals surface area contributed by atoms with E-state index in [1.807, 2.05) is 43.3 Å². The van der Waals surface area contributed by atoms with Crippen molar-refractivity contribution in [1.29, 1.82) is 0 Å². The van der Waals surface area contributed by atoms with E-state index in [9.17, 15) is 9.59 Å². The predicted molar refractivity (Wildman–Crippen MR) is 104 cm³/mol. The van der Waals surface area contributed by atoms with Gasteiger partial charge in [0.1, 0.15) is 0 Å². The first-order valence-electron chi connectivity index (χ1n) is 9.21. The van der Waals surface area contributed by atoms with E-state index in [2.05, 4.69) is 10.9 Å². The van der Waals surface area contributed by atoms with Crippen molar-refractivity contribution in [3.63, 3.8) is 0 Å². The van der Waals surface area contributed by atoms with Gasteiger partial charge in [-0.3, -0.25) is 25.4 Å². The summed E-state index contributed by atoms with van der Waals surface area (Å²) in [6.07, 6.45) is 3.85. The molecular weight excluding hydrogens is 338 g/mol. The fourth-order valence-electron chi connectivity index (χ4n) is 3.59. The molecule has 0 radical (unpaired) electrons. The van der Waals surface area contributed by atoms with Gasteiger partial charge in [0, 0.05) is 16.6 Å². The Morgan fingerprint density at radius 2 is 1.59 bits per heavy atom. The average Bonchev–Trinajstić information content (AvgIpc) is 2.70. The molecule has 1 aliphatic rings. The number of para-hydroxylation sites is 1. The molecule has 0 fully saturated rings. The summed E-state index contributed by atoms with van der Waals surface area (Å²) in [5, 5.41) is 0.820. The van der Waals surface area contributed by atoms with Crippen molar-refractivity contribution < 1.29 is 9.59 Å². The van der Waals surface area contributed by atoms with Crippen LogP contribution in [0.5, 0.6) is 0 Å². The molecule has 5 nitrogen and oxygen atoms in total. The fourth-order valence-corrected chi connectivity index (χ4v) is 3.59. The van der Waals surface area contributed by atoms with Crippen LogP contribution in [0.25, 0.3) is 10.9 Å². The minimum Gasteiger partial charge on any atom is -0.267 e. The summed E-state index contributed by atoms with van der Waals surface area (Å²) >= 11 is 0. The van der Waals surface area contributed by atoms with Gasteiger partial charge in [-0.1, -0.05) is 35.9 Å². The quantitative estimate of drug-likeness (QED) is 0.688. The Hall–Kier alpha value is -3.21. The first-order chi connectivity index (χ1) is 13.1. The molecule has 4 rings (SSSR count). The molecule has 1 aliphatic carbocycles. The van der Waals surface area contributed by atoms with Crippen LogP contribution in [0.4, 0.5) is 0 Å². The maximum Gasteiger partial charge on any atom is 0.270 e. The summed E-state index contributed by atoms with van der Waals surface area (Å²) in [7, 11) is 0. The van der Waals surface area contributed by atoms with Crippen molar-refractivity contribution in [1.82, 2.24) is 15.8 Å². The van der Waals surface area contributed by atoms with Gasteiger partial charge < -0.3 is 0 Å². The second-order valence-corrected chi connectivity index (χ2v) is 6.91. The van der Waals surface area contributed by atoms with Gasteiger partial charge in [0.25, 0.3) is 11.8 Å². The number of hydrogen-bond acceptors (Lipinski definition) is 3. The molecule has 2 N–H and O–H groups in total. The van der Waals surface area contributed by atoms with E-state index in [0.717, 1.165) is 53.4 Å². The number of hydrazine groups is 1. The Kier molecular flexibility index (Phi) is 4.59. The molecule has 3 aromatic rings. The molecule has 0 atom stereocenters. The Morgan fingerprint density at radius 1 is 0.889 bits per heavy atom. The number of benzene rings is 2. The largest absolute Gasteiger partial charge is 0.270 e. The third-order valence-corrected chi connectivity index (χ3v) is 5.00. The number of carbonyl (C=O) groups is 2. The van der Waals surface area contributed by atoms with Crippen LogP contribution >= 0.6 is 0 Å². The first-order valence-corrected chi connectivity index (χ1v) is 9.21. The second-order valence-electron chi connectivity index (χ2n) is 6.91. The second kappa shape index (κ2) is 7.19. The summed E-state index contributed by atoms with van der Waals surface area (Å²) in [6.45, 7) is 1.96. The smallest absolute Gasteiger partial charge is 0.267 e. The Balaban J connectivity index is 1.62. The average molecular weight is 359 g/mol. The highest BCUT2D eigenvalue weighted by atomic mass is 16.2. The van der Waals surface area contributed by atoms with Crippen molar-refractivity contribution in [3.05, 3.63) is 76.5 Å². The van der Waals surface area contributed by atoms with Crippen LogP contribution in [0.3, 0.4) is 0 Å². The first kappa shape index (κ1) is 17.2. The van der Waals surface area contributed by atoms with Gasteiger partial charge in [-0.05, 0) is 56.4 Å². The third-order valence-electron chi connectivity index (χ3n) is 5.00. The minimum atomic E-state index is -0.337. The number of fused-ring (bicyclic) bond motifs is 2. The zero-order chi connectivity index (χ0) is 18.8. The van der Waals surface area contributed by atoms with Crippen molar-refractivity contribution in [2.24, 2.45) is 0 Å². The van der Waals surface area contributed by atoms with Crippen molar-refractivity contribution in [3.8, 4) is 0 Å². The van der Waals surface area contributed by atoms with Crippen LogP contribution in [0.1, 0.15) is 50.4 Å². The summed E-state index contributed by atoms with van der Waals surface area (Å²) in [6, 6.07) is 14.9. The Bertz CT molecular complexity index is 1030. The Labute approximate surface area is 157 Å². The molecule has 5 heteroatoms. The number of nitrogens with zero attached hydrogens (tertiary/aromatic N) is 1. The predicted octanol–water partition coefficient (Wildman–Crippen LogP) is 3.50. The fraction of sp³-hybridized carbons (Fsp3) is 0.227. The van der Waals surface area contributed by atoms with Gasteiger partial charge >= 0.3 is 0 Å². The van der Waals surface area contributed by atoms with Crippen LogP contribution in [-0.4, -0.2) is 16.8 Å². The molecule has 0 saturated carbocycles. The van der Waals surface area contributed by atoms with Crippen molar-refractivity contribution >= 4 is 22.7 Å². The zero-order valence-corrected chi connectivity index (χ0v) is 15.2. The topological polar surface area (TPSA) is 71.1 Å². The number of amides is 2. The number of hydrogen-bond donors (Lipinski definition) is 2. The number of pyridine rings is 1. The number of carbonyl (C=O) groups excluding carboxylic acids is 2. The third kappa shape index (κ3) is 3.40. The van der Waals surface area contributed by atoms with E-state index in [-0.39, 0.29) is 11.8 Å². The molecule has 136 valence electrons. The van der Waals surface area contributed by atoms with Crippen molar-refractivity contribution in [2.45, 2.75) is 32.6 Å². The molecule has 1 heterocycles. The monoisotopic (exact) mass is 359 g/mol. The summed E-state index contributed by atoms with van der Waals surface area (Å²) in [5.74, 6) is -0.636. The number of aryl methyl sites for hydroxylation is 2.